The minimum absolute atomic E-state index is 0.0188. The third-order valence-corrected chi connectivity index (χ3v) is 3.94. The molecule has 1 N–H and O–H groups in total. The molecule has 23 heavy (non-hydrogen) atoms. The Morgan fingerprint density at radius 2 is 1.78 bits per heavy atom. The quantitative estimate of drug-likeness (QED) is 0.824. The molecule has 0 fully saturated rings. The highest BCUT2D eigenvalue weighted by Crippen LogP contribution is 2.09. The molecule has 1 heterocycles. The van der Waals surface area contributed by atoms with E-state index in [0.29, 0.717) is 12.3 Å². The molecule has 0 aliphatic carbocycles. The highest BCUT2D eigenvalue weighted by atomic mass is 32.2. The van der Waals surface area contributed by atoms with Gasteiger partial charge in [0.15, 0.2) is 9.84 Å². The maximum Gasteiger partial charge on any atom is 0.244 e. The molecule has 2 rings (SSSR count). The number of rotatable bonds is 6. The fraction of sp³-hybridized carbons (Fsp3) is 0.235. The van der Waals surface area contributed by atoms with Crippen LogP contribution in [0.1, 0.15) is 22.6 Å². The zero-order valence-electron chi connectivity index (χ0n) is 13.1. The summed E-state index contributed by atoms with van der Waals surface area (Å²) in [5.74, 6) is 1.21. The Labute approximate surface area is 135 Å². The molecule has 0 saturated carbocycles. The topological polar surface area (TPSA) is 76.4 Å². The van der Waals surface area contributed by atoms with Crippen LogP contribution in [0.4, 0.5) is 0 Å². The number of sulfone groups is 1. The molecule has 0 spiro atoms. The fourth-order valence-electron chi connectivity index (χ4n) is 2.01. The largest absolute Gasteiger partial charge is 0.462 e. The van der Waals surface area contributed by atoms with Crippen LogP contribution < -0.4 is 5.32 Å². The number of nitrogens with one attached hydrogen (secondary N) is 1. The van der Waals surface area contributed by atoms with E-state index in [-0.39, 0.29) is 11.7 Å². The van der Waals surface area contributed by atoms with Gasteiger partial charge >= 0.3 is 0 Å². The number of aryl methyl sites for hydroxylation is 1. The van der Waals surface area contributed by atoms with Crippen LogP contribution in [0, 0.1) is 6.92 Å². The lowest BCUT2D eigenvalue weighted by Crippen LogP contribution is -2.20. The van der Waals surface area contributed by atoms with Crippen LogP contribution in [0.25, 0.3) is 6.08 Å². The second-order valence-electron chi connectivity index (χ2n) is 5.39. The summed E-state index contributed by atoms with van der Waals surface area (Å²) in [6.07, 6.45) is 4.22. The summed E-state index contributed by atoms with van der Waals surface area (Å²) in [6.45, 7) is 2.21. The van der Waals surface area contributed by atoms with E-state index in [0.717, 1.165) is 16.9 Å². The third-order valence-electron chi connectivity index (χ3n) is 3.08. The van der Waals surface area contributed by atoms with E-state index in [1.807, 2.05) is 13.0 Å². The van der Waals surface area contributed by atoms with Crippen LogP contribution in [0.5, 0.6) is 0 Å². The number of carbonyl (C=O) groups excluding carboxylic acids is 1. The zero-order chi connectivity index (χ0) is 16.9. The molecule has 1 amide bonds. The van der Waals surface area contributed by atoms with E-state index < -0.39 is 9.84 Å². The number of benzene rings is 1. The summed E-state index contributed by atoms with van der Waals surface area (Å²) >= 11 is 0. The fourth-order valence-corrected chi connectivity index (χ4v) is 2.80. The molecule has 1 aromatic heterocycles. The number of hydrogen-bond acceptors (Lipinski definition) is 4. The van der Waals surface area contributed by atoms with Gasteiger partial charge in [0, 0.05) is 18.9 Å². The molecule has 122 valence electrons. The van der Waals surface area contributed by atoms with Gasteiger partial charge in [-0.1, -0.05) is 24.3 Å². The van der Waals surface area contributed by atoms with E-state index in [4.69, 9.17) is 4.42 Å². The van der Waals surface area contributed by atoms with E-state index in [2.05, 4.69) is 5.32 Å². The van der Waals surface area contributed by atoms with Gasteiger partial charge < -0.3 is 9.73 Å². The summed E-state index contributed by atoms with van der Waals surface area (Å²) in [5, 5.41) is 2.76. The lowest BCUT2D eigenvalue weighted by molar-refractivity contribution is -0.116. The van der Waals surface area contributed by atoms with Crippen molar-refractivity contribution < 1.29 is 17.6 Å². The first-order valence-corrected chi connectivity index (χ1v) is 9.16. The SMILES string of the molecule is Cc1ccc(/C=C/C(=O)NCc2ccc(CS(C)(=O)=O)cc2)o1. The average molecular weight is 333 g/mol. The molecule has 0 atom stereocenters. The van der Waals surface area contributed by atoms with E-state index in [9.17, 15) is 13.2 Å². The van der Waals surface area contributed by atoms with Crippen LogP contribution in [-0.2, 0) is 26.9 Å². The second-order valence-corrected chi connectivity index (χ2v) is 7.53. The van der Waals surface area contributed by atoms with Crippen molar-refractivity contribution >= 4 is 21.8 Å². The minimum Gasteiger partial charge on any atom is -0.462 e. The first-order chi connectivity index (χ1) is 10.8. The van der Waals surface area contributed by atoms with Gasteiger partial charge in [-0.25, -0.2) is 8.42 Å². The first-order valence-electron chi connectivity index (χ1n) is 7.10. The molecule has 0 bridgehead atoms. The van der Waals surface area contributed by atoms with Crippen LogP contribution in [-0.4, -0.2) is 20.6 Å². The number of carbonyl (C=O) groups is 1. The summed E-state index contributed by atoms with van der Waals surface area (Å²) in [7, 11) is -3.04. The monoisotopic (exact) mass is 333 g/mol. The van der Waals surface area contributed by atoms with Gasteiger partial charge in [-0.3, -0.25) is 4.79 Å². The van der Waals surface area contributed by atoms with Gasteiger partial charge in [-0.15, -0.1) is 0 Å². The summed E-state index contributed by atoms with van der Waals surface area (Å²) in [5.41, 5.74) is 1.63. The van der Waals surface area contributed by atoms with Crippen LogP contribution in [0.15, 0.2) is 46.9 Å². The Kier molecular flexibility index (Phi) is 5.39. The Morgan fingerprint density at radius 1 is 1.13 bits per heavy atom. The molecule has 0 aliphatic rings. The van der Waals surface area contributed by atoms with Crippen molar-refractivity contribution in [1.29, 1.82) is 0 Å². The van der Waals surface area contributed by atoms with Crippen LogP contribution in [0.2, 0.25) is 0 Å². The van der Waals surface area contributed by atoms with Gasteiger partial charge in [-0.05, 0) is 36.3 Å². The molecule has 6 heteroatoms. The Morgan fingerprint density at radius 3 is 2.35 bits per heavy atom. The molecule has 0 aliphatic heterocycles. The van der Waals surface area contributed by atoms with E-state index in [1.54, 1.807) is 36.4 Å². The smallest absolute Gasteiger partial charge is 0.244 e. The summed E-state index contributed by atoms with van der Waals surface area (Å²) in [6, 6.07) is 10.7. The van der Waals surface area contributed by atoms with Crippen molar-refractivity contribution in [3.63, 3.8) is 0 Å². The van der Waals surface area contributed by atoms with Crippen molar-refractivity contribution in [3.05, 3.63) is 65.1 Å². The van der Waals surface area contributed by atoms with Crippen molar-refractivity contribution in [1.82, 2.24) is 5.32 Å². The lowest BCUT2D eigenvalue weighted by Gasteiger charge is -2.04. The van der Waals surface area contributed by atoms with E-state index >= 15 is 0 Å². The minimum atomic E-state index is -3.04. The lowest BCUT2D eigenvalue weighted by atomic mass is 10.1. The summed E-state index contributed by atoms with van der Waals surface area (Å²) in [4.78, 5) is 11.7. The van der Waals surface area contributed by atoms with Gasteiger partial charge in [0.1, 0.15) is 11.5 Å². The van der Waals surface area contributed by atoms with Crippen molar-refractivity contribution in [2.75, 3.05) is 6.26 Å². The Balaban J connectivity index is 1.85. The van der Waals surface area contributed by atoms with Crippen molar-refractivity contribution in [3.8, 4) is 0 Å². The molecule has 2 aromatic rings. The average Bonchev–Trinajstić information content (AvgIpc) is 2.88. The second kappa shape index (κ2) is 7.28. The molecule has 0 unspecified atom stereocenters. The standard InChI is InChI=1S/C17H19NO4S/c1-13-3-8-16(22-13)9-10-17(19)18-11-14-4-6-15(7-5-14)12-23(2,20)21/h3-10H,11-12H2,1-2H3,(H,18,19)/b10-9+. The molecule has 5 nitrogen and oxygen atoms in total. The highest BCUT2D eigenvalue weighted by Gasteiger charge is 2.04. The normalized spacial score (nSPS) is 11.7. The maximum absolute atomic E-state index is 11.7. The molecular formula is C17H19NO4S. The predicted octanol–water partition coefficient (Wildman–Crippen LogP) is 2.46. The van der Waals surface area contributed by atoms with Crippen LogP contribution >= 0.6 is 0 Å². The zero-order valence-corrected chi connectivity index (χ0v) is 13.9. The molecular weight excluding hydrogens is 314 g/mol. The molecule has 0 radical (unpaired) electrons. The number of hydrogen-bond donors (Lipinski definition) is 1. The van der Waals surface area contributed by atoms with Crippen molar-refractivity contribution in [2.45, 2.75) is 19.2 Å². The van der Waals surface area contributed by atoms with Gasteiger partial charge in [0.25, 0.3) is 0 Å². The summed E-state index contributed by atoms with van der Waals surface area (Å²) < 4.78 is 27.8. The van der Waals surface area contributed by atoms with Gasteiger partial charge in [-0.2, -0.15) is 0 Å². The van der Waals surface area contributed by atoms with Crippen molar-refractivity contribution in [2.24, 2.45) is 0 Å². The van der Waals surface area contributed by atoms with Crippen LogP contribution in [0.3, 0.4) is 0 Å². The first kappa shape index (κ1) is 17.0. The predicted molar refractivity (Wildman–Crippen MR) is 89.3 cm³/mol. The third kappa shape index (κ3) is 6.12. The van der Waals surface area contributed by atoms with Gasteiger partial charge in [0.05, 0.1) is 5.75 Å². The molecule has 0 saturated heterocycles. The number of amides is 1. The van der Waals surface area contributed by atoms with Gasteiger partial charge in [0.2, 0.25) is 5.91 Å². The maximum atomic E-state index is 11.7. The Bertz CT molecular complexity index is 801. The molecule has 1 aromatic carbocycles. The number of furan rings is 1. The van der Waals surface area contributed by atoms with E-state index in [1.165, 1.54) is 12.3 Å². The Hall–Kier alpha value is -2.34. The highest BCUT2D eigenvalue weighted by molar-refractivity contribution is 7.89.